The van der Waals surface area contributed by atoms with Crippen LogP contribution in [-0.2, 0) is 52.0 Å². The summed E-state index contributed by atoms with van der Waals surface area (Å²) in [7, 11) is 1.27. The number of methoxy groups -OCH3 is 1. The van der Waals surface area contributed by atoms with E-state index in [1.807, 2.05) is 47.9 Å². The minimum Gasteiger partial charge on any atom is -0.488 e. The van der Waals surface area contributed by atoms with E-state index in [1.54, 1.807) is 36.5 Å². The molecule has 2 saturated heterocycles. The van der Waals surface area contributed by atoms with Crippen LogP contribution >= 0.6 is 23.2 Å². The van der Waals surface area contributed by atoms with Crippen LogP contribution in [0.15, 0.2) is 79.1 Å². The number of hydrogen-bond donors (Lipinski definition) is 2. The zero-order valence-electron chi connectivity index (χ0n) is 38.3. The van der Waals surface area contributed by atoms with Crippen molar-refractivity contribution in [2.45, 2.75) is 97.4 Å². The van der Waals surface area contributed by atoms with E-state index in [2.05, 4.69) is 23.2 Å². The normalized spacial score (nSPS) is 16.4. The molecule has 0 bridgehead atoms. The van der Waals surface area contributed by atoms with Gasteiger partial charge in [0.15, 0.2) is 6.61 Å². The molecule has 2 fully saturated rings. The predicted molar refractivity (Wildman–Crippen MR) is 255 cm³/mol. The number of carbonyl (C=O) groups excluding carboxylic acids is 1. The largest absolute Gasteiger partial charge is 0.488 e. The molecule has 2 atom stereocenters. The van der Waals surface area contributed by atoms with Gasteiger partial charge in [0.2, 0.25) is 0 Å². The summed E-state index contributed by atoms with van der Waals surface area (Å²) in [6, 6.07) is 21.4. The van der Waals surface area contributed by atoms with Crippen LogP contribution in [0.1, 0.15) is 83.0 Å². The lowest BCUT2D eigenvalue weighted by atomic mass is 9.92. The second-order valence-corrected chi connectivity index (χ2v) is 17.8. The minimum atomic E-state index is -0.883. The van der Waals surface area contributed by atoms with Crippen molar-refractivity contribution in [3.8, 4) is 40.2 Å². The number of ether oxygens (including phenoxy) is 5. The number of nitriles is 1. The molecule has 4 aromatic carbocycles. The summed E-state index contributed by atoms with van der Waals surface area (Å²) < 4.78 is 29.8. The van der Waals surface area contributed by atoms with E-state index in [4.69, 9.17) is 46.9 Å². The molecule has 2 N–H and O–H groups in total. The van der Waals surface area contributed by atoms with Gasteiger partial charge < -0.3 is 33.9 Å². The van der Waals surface area contributed by atoms with E-state index in [0.29, 0.717) is 87.8 Å². The lowest BCUT2D eigenvalue weighted by molar-refractivity contribution is -0.145. The quantitative estimate of drug-likeness (QED) is 0.0747. The van der Waals surface area contributed by atoms with Crippen LogP contribution < -0.4 is 18.9 Å². The number of esters is 1. The number of likely N-dealkylation sites (tertiary alicyclic amines) is 2. The highest BCUT2D eigenvalue weighted by molar-refractivity contribution is 6.32. The summed E-state index contributed by atoms with van der Waals surface area (Å²) in [5.74, 6) is -0.755. The second-order valence-electron chi connectivity index (χ2n) is 17.0. The summed E-state index contributed by atoms with van der Waals surface area (Å²) in [5, 5.41) is 29.9. The maximum Gasteiger partial charge on any atom is 0.343 e. The summed E-state index contributed by atoms with van der Waals surface area (Å²) in [6.45, 7) is 6.00. The van der Waals surface area contributed by atoms with E-state index < -0.39 is 30.0 Å². The number of nitrogens with zero attached hydrogens (tertiary/aromatic N) is 4. The molecule has 68 heavy (non-hydrogen) atoms. The van der Waals surface area contributed by atoms with Crippen LogP contribution in [0.25, 0.3) is 11.1 Å². The minimum absolute atomic E-state index is 0.116. The number of pyridine rings is 1. The monoisotopic (exact) mass is 964 g/mol. The van der Waals surface area contributed by atoms with E-state index in [0.717, 1.165) is 59.1 Å². The Kier molecular flexibility index (Phi) is 16.8. The van der Waals surface area contributed by atoms with E-state index in [-0.39, 0.29) is 33.0 Å². The van der Waals surface area contributed by atoms with Gasteiger partial charge in [-0.2, -0.15) is 5.26 Å². The van der Waals surface area contributed by atoms with E-state index in [1.165, 1.54) is 13.3 Å². The zero-order chi connectivity index (χ0) is 48.3. The highest BCUT2D eigenvalue weighted by atomic mass is 35.5. The standard InChI is InChI=1S/C52H54Cl2N4O10/c1-32-36(29-66-48-21-46(65-28-35-18-34(23-55)24-56-25-35)38(19-42(48)53)26-57-16-6-4-14-44(57)51(60)61)10-8-12-40(32)41-13-9-11-37(33(41)2)30-67-49-22-47(68-31-50(59)64-3)39(20-43(49)54)27-58-17-7-5-15-45(58)52(62)63/h8-13,18-22,24-25,44-45H,4-7,14-17,26-31H2,1-3H3,(H,60,61)(H,62,63). The maximum absolute atomic E-state index is 12.2. The number of piperidine rings is 2. The van der Waals surface area contributed by atoms with Crippen LogP contribution in [0.4, 0.5) is 0 Å². The van der Waals surface area contributed by atoms with Gasteiger partial charge in [0, 0.05) is 54.3 Å². The number of hydrogen-bond acceptors (Lipinski definition) is 12. The average molecular weight is 966 g/mol. The molecule has 7 rings (SSSR count). The van der Waals surface area contributed by atoms with Crippen LogP contribution in [0.2, 0.25) is 10.0 Å². The summed E-state index contributed by atoms with van der Waals surface area (Å²) in [6.07, 6.45) is 7.64. The molecule has 2 unspecified atom stereocenters. The first kappa shape index (κ1) is 49.5. The van der Waals surface area contributed by atoms with Crippen molar-refractivity contribution in [3.63, 3.8) is 0 Å². The van der Waals surface area contributed by atoms with Crippen LogP contribution in [0, 0.1) is 25.2 Å². The third-order valence-corrected chi connectivity index (χ3v) is 13.2. The first-order chi connectivity index (χ1) is 32.8. The van der Waals surface area contributed by atoms with Gasteiger partial charge in [0.05, 0.1) is 22.7 Å². The Hall–Kier alpha value is -6.37. The van der Waals surface area contributed by atoms with Gasteiger partial charge in [-0.3, -0.25) is 24.4 Å². The molecule has 16 heteroatoms. The topological polar surface area (TPSA) is 181 Å². The Morgan fingerprint density at radius 1 is 0.676 bits per heavy atom. The Morgan fingerprint density at radius 2 is 1.18 bits per heavy atom. The fourth-order valence-electron chi connectivity index (χ4n) is 8.80. The molecule has 14 nitrogen and oxygen atoms in total. The number of halogens is 2. The molecule has 3 heterocycles. The number of carboxylic acids is 2. The SMILES string of the molecule is COC(=O)COc1cc(OCc2cccc(-c3cccc(COc4cc(OCc5cncc(C#N)c5)c(CN5CCCCC5C(=O)O)cc4Cl)c3C)c2C)c(Cl)cc1CN1CCCCC1C(=O)O. The summed E-state index contributed by atoms with van der Waals surface area (Å²) in [5.41, 5.74) is 8.26. The number of benzene rings is 4. The molecule has 2 aliphatic heterocycles. The van der Waals surface area contributed by atoms with E-state index in [9.17, 15) is 29.9 Å². The van der Waals surface area contributed by atoms with Gasteiger partial charge in [-0.1, -0.05) is 72.4 Å². The molecule has 0 aliphatic carbocycles. The Bertz CT molecular complexity index is 2690. The van der Waals surface area contributed by atoms with Crippen molar-refractivity contribution in [2.75, 3.05) is 26.8 Å². The van der Waals surface area contributed by atoms with Crippen molar-refractivity contribution in [1.82, 2.24) is 14.8 Å². The van der Waals surface area contributed by atoms with Crippen LogP contribution in [0.5, 0.6) is 23.0 Å². The smallest absolute Gasteiger partial charge is 0.343 e. The third kappa shape index (κ3) is 12.2. The number of aliphatic carboxylic acids is 2. The Morgan fingerprint density at radius 3 is 1.66 bits per heavy atom. The second kappa shape index (κ2) is 23.1. The summed E-state index contributed by atoms with van der Waals surface area (Å²) in [4.78, 5) is 44.3. The molecule has 2 aliphatic rings. The predicted octanol–water partition coefficient (Wildman–Crippen LogP) is 9.71. The summed E-state index contributed by atoms with van der Waals surface area (Å²) >= 11 is 13.7. The van der Waals surface area contributed by atoms with Crippen LogP contribution in [-0.4, -0.2) is 81.8 Å². The van der Waals surface area contributed by atoms with Crippen molar-refractivity contribution in [3.05, 3.63) is 134 Å². The van der Waals surface area contributed by atoms with Crippen molar-refractivity contribution < 1.29 is 48.3 Å². The number of carboxylic acid groups (broad SMARTS) is 2. The van der Waals surface area contributed by atoms with E-state index >= 15 is 0 Å². The van der Waals surface area contributed by atoms with Gasteiger partial charge in [-0.05, 0) is 104 Å². The number of carbonyl (C=O) groups is 3. The van der Waals surface area contributed by atoms with Crippen molar-refractivity contribution >= 4 is 41.1 Å². The molecule has 0 radical (unpaired) electrons. The lowest BCUT2D eigenvalue weighted by Gasteiger charge is -2.33. The number of rotatable bonds is 19. The highest BCUT2D eigenvalue weighted by Gasteiger charge is 2.31. The third-order valence-electron chi connectivity index (χ3n) is 12.6. The maximum atomic E-state index is 12.2. The average Bonchev–Trinajstić information content (AvgIpc) is 3.33. The zero-order valence-corrected chi connectivity index (χ0v) is 39.8. The molecule has 0 spiro atoms. The number of aromatic nitrogens is 1. The molecular weight excluding hydrogens is 911 g/mol. The molecule has 0 saturated carbocycles. The fraction of sp³-hybridized carbons (Fsp3) is 0.365. The lowest BCUT2D eigenvalue weighted by Crippen LogP contribution is -2.44. The van der Waals surface area contributed by atoms with Gasteiger partial charge >= 0.3 is 17.9 Å². The Balaban J connectivity index is 1.09. The van der Waals surface area contributed by atoms with Gasteiger partial charge in [-0.15, -0.1) is 0 Å². The Labute approximate surface area is 405 Å². The van der Waals surface area contributed by atoms with Crippen molar-refractivity contribution in [1.29, 1.82) is 5.26 Å². The van der Waals surface area contributed by atoms with Crippen molar-refractivity contribution in [2.24, 2.45) is 0 Å². The van der Waals surface area contributed by atoms with Gasteiger partial charge in [0.25, 0.3) is 0 Å². The molecule has 1 aromatic heterocycles. The first-order valence-corrected chi connectivity index (χ1v) is 23.3. The molecule has 0 amide bonds. The fourth-order valence-corrected chi connectivity index (χ4v) is 9.29. The molecule has 356 valence electrons. The molecular formula is C52H54Cl2N4O10. The molecule has 5 aromatic rings. The van der Waals surface area contributed by atoms with Crippen LogP contribution in [0.3, 0.4) is 0 Å². The highest BCUT2D eigenvalue weighted by Crippen LogP contribution is 2.39. The first-order valence-electron chi connectivity index (χ1n) is 22.5. The van der Waals surface area contributed by atoms with Gasteiger partial charge in [0.1, 0.15) is 61.0 Å². The van der Waals surface area contributed by atoms with Gasteiger partial charge in [-0.25, -0.2) is 4.79 Å².